The lowest BCUT2D eigenvalue weighted by Crippen LogP contribution is -2.08. The van der Waals surface area contributed by atoms with Gasteiger partial charge in [-0.2, -0.15) is 0 Å². The molecule has 108 valence electrons. The molecule has 1 aromatic carbocycles. The van der Waals surface area contributed by atoms with E-state index in [4.69, 9.17) is 0 Å². The molecule has 0 aliphatic carbocycles. The molecule has 0 saturated carbocycles. The maximum absolute atomic E-state index is 10.3. The Bertz CT molecular complexity index is 386. The van der Waals surface area contributed by atoms with Gasteiger partial charge in [0.25, 0.3) is 0 Å². The van der Waals surface area contributed by atoms with Crippen molar-refractivity contribution in [3.05, 3.63) is 28.8 Å². The molecule has 4 N–H and O–H groups in total. The lowest BCUT2D eigenvalue weighted by molar-refractivity contribution is 0.263. The predicted octanol–water partition coefficient (Wildman–Crippen LogP) is 1.68. The first kappa shape index (κ1) is 16.0. The van der Waals surface area contributed by atoms with Crippen LogP contribution in [0.4, 0.5) is 0 Å². The molecular weight excluding hydrogens is 244 g/mol. The van der Waals surface area contributed by atoms with Crippen LogP contribution in [0.5, 0.6) is 5.75 Å². The molecule has 3 unspecified atom stereocenters. The minimum Gasteiger partial charge on any atom is -0.507 e. The highest BCUT2D eigenvalue weighted by atomic mass is 16.3. The van der Waals surface area contributed by atoms with Crippen molar-refractivity contribution in [1.29, 1.82) is 0 Å². The third-order valence-electron chi connectivity index (χ3n) is 3.64. The van der Waals surface area contributed by atoms with Gasteiger partial charge in [-0.3, -0.25) is 0 Å². The van der Waals surface area contributed by atoms with Crippen molar-refractivity contribution >= 4 is 0 Å². The second kappa shape index (κ2) is 6.89. The van der Waals surface area contributed by atoms with Crippen LogP contribution in [0, 0.1) is 0 Å². The zero-order chi connectivity index (χ0) is 14.6. The summed E-state index contributed by atoms with van der Waals surface area (Å²) >= 11 is 0. The van der Waals surface area contributed by atoms with Gasteiger partial charge in [-0.25, -0.2) is 0 Å². The lowest BCUT2D eigenvalue weighted by Gasteiger charge is -2.21. The largest absolute Gasteiger partial charge is 0.507 e. The van der Waals surface area contributed by atoms with Gasteiger partial charge in [0, 0.05) is 37.6 Å². The number of aliphatic hydroxyl groups is 3. The number of aromatic hydroxyl groups is 1. The first-order chi connectivity index (χ1) is 8.96. The van der Waals surface area contributed by atoms with E-state index < -0.39 is 0 Å². The van der Waals surface area contributed by atoms with Crippen molar-refractivity contribution < 1.29 is 20.4 Å². The zero-order valence-electron chi connectivity index (χ0n) is 11.8. The Morgan fingerprint density at radius 2 is 1.16 bits per heavy atom. The van der Waals surface area contributed by atoms with Crippen LogP contribution in [-0.4, -0.2) is 40.2 Å². The first-order valence-corrected chi connectivity index (χ1v) is 6.65. The van der Waals surface area contributed by atoms with Gasteiger partial charge in [-0.15, -0.1) is 0 Å². The Labute approximate surface area is 114 Å². The van der Waals surface area contributed by atoms with Gasteiger partial charge in [0.15, 0.2) is 0 Å². The van der Waals surface area contributed by atoms with E-state index >= 15 is 0 Å². The minimum absolute atomic E-state index is 0.0185. The molecule has 0 heterocycles. The van der Waals surface area contributed by atoms with Gasteiger partial charge in [0.2, 0.25) is 0 Å². The molecule has 0 spiro atoms. The van der Waals surface area contributed by atoms with E-state index in [0.29, 0.717) is 11.1 Å². The Kier molecular flexibility index (Phi) is 5.79. The third-order valence-corrected chi connectivity index (χ3v) is 3.64. The average Bonchev–Trinajstić information content (AvgIpc) is 2.44. The molecule has 4 nitrogen and oxygen atoms in total. The van der Waals surface area contributed by atoms with Gasteiger partial charge >= 0.3 is 0 Å². The molecule has 0 bridgehead atoms. The molecule has 0 aromatic heterocycles. The van der Waals surface area contributed by atoms with Crippen molar-refractivity contribution in [2.45, 2.75) is 38.5 Å². The van der Waals surface area contributed by atoms with Crippen molar-refractivity contribution in [3.63, 3.8) is 0 Å². The molecule has 0 fully saturated rings. The molecule has 0 aliphatic heterocycles. The molecule has 19 heavy (non-hydrogen) atoms. The van der Waals surface area contributed by atoms with E-state index in [1.807, 2.05) is 32.9 Å². The van der Waals surface area contributed by atoms with Crippen LogP contribution < -0.4 is 0 Å². The van der Waals surface area contributed by atoms with Gasteiger partial charge in [-0.05, 0) is 16.7 Å². The second-order valence-electron chi connectivity index (χ2n) is 5.30. The van der Waals surface area contributed by atoms with Crippen LogP contribution in [0.1, 0.15) is 55.2 Å². The van der Waals surface area contributed by atoms with Crippen LogP contribution in [0.15, 0.2) is 12.1 Å². The topological polar surface area (TPSA) is 80.9 Å². The van der Waals surface area contributed by atoms with Crippen LogP contribution >= 0.6 is 0 Å². The summed E-state index contributed by atoms with van der Waals surface area (Å²) in [5, 5.41) is 38.1. The van der Waals surface area contributed by atoms with E-state index in [1.165, 1.54) is 0 Å². The summed E-state index contributed by atoms with van der Waals surface area (Å²) in [5.41, 5.74) is 2.23. The standard InChI is InChI=1S/C15H24O4/c1-9(6-16)12-4-13(10(2)7-17)15(19)14(5-12)11(3)8-18/h4-5,9-11,16-19H,6-8H2,1-3H3. The molecular formula is C15H24O4. The number of hydrogen-bond acceptors (Lipinski definition) is 4. The number of benzene rings is 1. The molecule has 0 radical (unpaired) electrons. The summed E-state index contributed by atoms with van der Waals surface area (Å²) in [6.07, 6.45) is 0. The van der Waals surface area contributed by atoms with E-state index in [1.54, 1.807) is 0 Å². The number of phenols is 1. The first-order valence-electron chi connectivity index (χ1n) is 6.65. The van der Waals surface area contributed by atoms with Crippen LogP contribution in [-0.2, 0) is 0 Å². The molecule has 0 saturated heterocycles. The van der Waals surface area contributed by atoms with Crippen LogP contribution in [0.2, 0.25) is 0 Å². The fourth-order valence-corrected chi connectivity index (χ4v) is 2.04. The quantitative estimate of drug-likeness (QED) is 0.633. The molecule has 3 atom stereocenters. The molecule has 0 amide bonds. The van der Waals surface area contributed by atoms with Crippen molar-refractivity contribution in [3.8, 4) is 5.75 Å². The summed E-state index contributed by atoms with van der Waals surface area (Å²) in [6, 6.07) is 3.65. The summed E-state index contributed by atoms with van der Waals surface area (Å²) in [5.74, 6) is -0.280. The highest BCUT2D eigenvalue weighted by Gasteiger charge is 2.20. The van der Waals surface area contributed by atoms with Gasteiger partial charge in [-0.1, -0.05) is 32.9 Å². The Hall–Kier alpha value is -1.10. The summed E-state index contributed by atoms with van der Waals surface area (Å²) in [4.78, 5) is 0. The molecule has 1 aromatic rings. The van der Waals surface area contributed by atoms with Crippen molar-refractivity contribution in [2.24, 2.45) is 0 Å². The number of hydrogen-bond donors (Lipinski definition) is 4. The van der Waals surface area contributed by atoms with E-state index in [9.17, 15) is 20.4 Å². The van der Waals surface area contributed by atoms with Gasteiger partial charge in [0.05, 0.1) is 0 Å². The van der Waals surface area contributed by atoms with Crippen molar-refractivity contribution in [1.82, 2.24) is 0 Å². The van der Waals surface area contributed by atoms with Crippen LogP contribution in [0.25, 0.3) is 0 Å². The van der Waals surface area contributed by atoms with Crippen LogP contribution in [0.3, 0.4) is 0 Å². The summed E-state index contributed by atoms with van der Waals surface area (Å²) < 4.78 is 0. The van der Waals surface area contributed by atoms with E-state index in [2.05, 4.69) is 0 Å². The van der Waals surface area contributed by atoms with Gasteiger partial charge in [0.1, 0.15) is 5.75 Å². The van der Waals surface area contributed by atoms with Gasteiger partial charge < -0.3 is 20.4 Å². The smallest absolute Gasteiger partial charge is 0.122 e. The fraction of sp³-hybridized carbons (Fsp3) is 0.600. The molecule has 1 rings (SSSR count). The normalized spacial score (nSPS) is 16.1. The molecule has 4 heteroatoms. The second-order valence-corrected chi connectivity index (χ2v) is 5.30. The Morgan fingerprint density at radius 3 is 1.47 bits per heavy atom. The zero-order valence-corrected chi connectivity index (χ0v) is 11.8. The SMILES string of the molecule is CC(CO)c1cc(C(C)CO)c(O)c(C(C)CO)c1. The Balaban J connectivity index is 3.37. The number of rotatable bonds is 6. The van der Waals surface area contributed by atoms with E-state index in [0.717, 1.165) is 5.56 Å². The average molecular weight is 268 g/mol. The summed E-state index contributed by atoms with van der Waals surface area (Å²) in [7, 11) is 0. The van der Waals surface area contributed by atoms with Crippen molar-refractivity contribution in [2.75, 3.05) is 19.8 Å². The minimum atomic E-state index is -0.185. The molecule has 0 aliphatic rings. The monoisotopic (exact) mass is 268 g/mol. The maximum atomic E-state index is 10.3. The lowest BCUT2D eigenvalue weighted by atomic mass is 9.87. The Morgan fingerprint density at radius 1 is 0.789 bits per heavy atom. The van der Waals surface area contributed by atoms with E-state index in [-0.39, 0.29) is 43.3 Å². The highest BCUT2D eigenvalue weighted by molar-refractivity contribution is 5.48. The maximum Gasteiger partial charge on any atom is 0.122 e. The summed E-state index contributed by atoms with van der Waals surface area (Å²) in [6.45, 7) is 5.46. The highest BCUT2D eigenvalue weighted by Crippen LogP contribution is 2.36. The predicted molar refractivity (Wildman–Crippen MR) is 74.6 cm³/mol. The number of phenolic OH excluding ortho intramolecular Hbond substituents is 1. The fourth-order valence-electron chi connectivity index (χ4n) is 2.04. The third kappa shape index (κ3) is 3.47. The number of aliphatic hydroxyl groups excluding tert-OH is 3.